The highest BCUT2D eigenvalue weighted by Crippen LogP contribution is 2.12. The van der Waals surface area contributed by atoms with Crippen molar-refractivity contribution >= 4 is 11.9 Å². The van der Waals surface area contributed by atoms with Gasteiger partial charge in [0.25, 0.3) is 0 Å². The van der Waals surface area contributed by atoms with Crippen LogP contribution in [0.25, 0.3) is 0 Å². The lowest BCUT2D eigenvalue weighted by molar-refractivity contribution is -0.151. The number of hydrogen-bond donors (Lipinski definition) is 0. The molecule has 162 valence electrons. The molecule has 28 heavy (non-hydrogen) atoms. The van der Waals surface area contributed by atoms with E-state index in [1.165, 1.54) is 44.9 Å². The van der Waals surface area contributed by atoms with Gasteiger partial charge < -0.3 is 9.47 Å². The summed E-state index contributed by atoms with van der Waals surface area (Å²) in [5.41, 5.74) is 0. The van der Waals surface area contributed by atoms with Crippen LogP contribution in [0.4, 0.5) is 0 Å². The summed E-state index contributed by atoms with van der Waals surface area (Å²) in [6.45, 7) is 8.46. The summed E-state index contributed by atoms with van der Waals surface area (Å²) in [4.78, 5) is 23.4. The minimum atomic E-state index is -0.301. The molecule has 4 heteroatoms. The minimum absolute atomic E-state index is 0.0456. The van der Waals surface area contributed by atoms with Gasteiger partial charge in [0, 0.05) is 19.3 Å². The monoisotopic (exact) mass is 394 g/mol. The van der Waals surface area contributed by atoms with Gasteiger partial charge in [0.1, 0.15) is 6.10 Å². The maximum atomic E-state index is 11.8. The van der Waals surface area contributed by atoms with Crippen molar-refractivity contribution in [2.75, 3.05) is 6.61 Å². The van der Waals surface area contributed by atoms with Gasteiger partial charge in [0.05, 0.1) is 0 Å². The summed E-state index contributed by atoms with van der Waals surface area (Å²) in [5, 5.41) is 0. The van der Waals surface area contributed by atoms with Gasteiger partial charge in [-0.05, 0) is 25.2 Å². The van der Waals surface area contributed by atoms with Crippen LogP contribution in [0.1, 0.15) is 111 Å². The molecule has 0 aliphatic carbocycles. The molecule has 0 saturated heterocycles. The molecule has 1 unspecified atom stereocenters. The average Bonchev–Trinajstić information content (AvgIpc) is 2.66. The SMILES string of the molecule is CCCCCCCCCCC#CCOC(=O)CCCC(=O)OC(CC)C(C)C. The summed E-state index contributed by atoms with van der Waals surface area (Å²) in [6.07, 6.45) is 12.9. The first-order chi connectivity index (χ1) is 13.5. The van der Waals surface area contributed by atoms with Crippen LogP contribution < -0.4 is 0 Å². The number of unbranched alkanes of at least 4 members (excludes halogenated alkanes) is 8. The largest absolute Gasteiger partial charge is 0.462 e. The van der Waals surface area contributed by atoms with E-state index in [2.05, 4.69) is 18.8 Å². The van der Waals surface area contributed by atoms with Crippen molar-refractivity contribution in [3.8, 4) is 11.8 Å². The molecule has 1 atom stereocenters. The molecule has 0 heterocycles. The van der Waals surface area contributed by atoms with Crippen molar-refractivity contribution < 1.29 is 19.1 Å². The Morgan fingerprint density at radius 2 is 1.39 bits per heavy atom. The van der Waals surface area contributed by atoms with E-state index in [1.807, 2.05) is 20.8 Å². The van der Waals surface area contributed by atoms with E-state index in [9.17, 15) is 9.59 Å². The Bertz CT molecular complexity index is 459. The van der Waals surface area contributed by atoms with Gasteiger partial charge in [0.15, 0.2) is 6.61 Å². The predicted octanol–water partition coefficient (Wildman–Crippen LogP) is 6.21. The van der Waals surface area contributed by atoms with E-state index in [4.69, 9.17) is 9.47 Å². The van der Waals surface area contributed by atoms with Crippen LogP contribution in [0, 0.1) is 17.8 Å². The molecule has 0 radical (unpaired) electrons. The number of carbonyl (C=O) groups is 2. The number of carbonyl (C=O) groups excluding carboxylic acids is 2. The lowest BCUT2D eigenvalue weighted by Crippen LogP contribution is -2.22. The number of rotatable bonds is 16. The van der Waals surface area contributed by atoms with Gasteiger partial charge in [-0.1, -0.05) is 84.5 Å². The van der Waals surface area contributed by atoms with Crippen LogP contribution in [0.2, 0.25) is 0 Å². The predicted molar refractivity (Wildman–Crippen MR) is 115 cm³/mol. The highest BCUT2D eigenvalue weighted by molar-refractivity contribution is 5.72. The zero-order valence-electron chi connectivity index (χ0n) is 18.7. The van der Waals surface area contributed by atoms with Crippen LogP contribution in [0.3, 0.4) is 0 Å². The molecule has 0 aliphatic heterocycles. The smallest absolute Gasteiger partial charge is 0.306 e. The fourth-order valence-electron chi connectivity index (χ4n) is 2.97. The van der Waals surface area contributed by atoms with Gasteiger partial charge in [-0.2, -0.15) is 0 Å². The third-order valence-electron chi connectivity index (χ3n) is 4.78. The average molecular weight is 395 g/mol. The molecule has 0 N–H and O–H groups in total. The fraction of sp³-hybridized carbons (Fsp3) is 0.833. The highest BCUT2D eigenvalue weighted by Gasteiger charge is 2.16. The lowest BCUT2D eigenvalue weighted by atomic mass is 10.1. The quantitative estimate of drug-likeness (QED) is 0.177. The van der Waals surface area contributed by atoms with Crippen molar-refractivity contribution in [3.05, 3.63) is 0 Å². The first kappa shape index (κ1) is 26.5. The molecular formula is C24H42O4. The molecule has 0 aromatic rings. The molecule has 0 aromatic heterocycles. The lowest BCUT2D eigenvalue weighted by Gasteiger charge is -2.19. The Labute approximate surface area is 173 Å². The van der Waals surface area contributed by atoms with Gasteiger partial charge in [-0.3, -0.25) is 9.59 Å². The van der Waals surface area contributed by atoms with Gasteiger partial charge in [0.2, 0.25) is 0 Å². The first-order valence-corrected chi connectivity index (χ1v) is 11.3. The number of ether oxygens (including phenoxy) is 2. The Balaban J connectivity index is 3.58. The highest BCUT2D eigenvalue weighted by atomic mass is 16.5. The van der Waals surface area contributed by atoms with Crippen LogP contribution in [0.15, 0.2) is 0 Å². The van der Waals surface area contributed by atoms with Gasteiger partial charge in [-0.25, -0.2) is 0 Å². The van der Waals surface area contributed by atoms with Crippen LogP contribution in [0.5, 0.6) is 0 Å². The summed E-state index contributed by atoms with van der Waals surface area (Å²) in [5.74, 6) is 5.73. The van der Waals surface area contributed by atoms with E-state index in [0.717, 1.165) is 19.3 Å². The summed E-state index contributed by atoms with van der Waals surface area (Å²) >= 11 is 0. The van der Waals surface area contributed by atoms with E-state index >= 15 is 0 Å². The zero-order chi connectivity index (χ0) is 21.0. The van der Waals surface area contributed by atoms with Crippen LogP contribution >= 0.6 is 0 Å². The Hall–Kier alpha value is -1.50. The normalized spacial score (nSPS) is 11.6. The molecular weight excluding hydrogens is 352 g/mol. The molecule has 0 spiro atoms. The molecule has 0 bridgehead atoms. The first-order valence-electron chi connectivity index (χ1n) is 11.3. The standard InChI is InChI=1S/C24H42O4/c1-5-7-8-9-10-11-12-13-14-15-16-20-27-23(25)18-17-19-24(26)28-22(6-2)21(3)4/h21-22H,5-14,17-20H2,1-4H3. The van der Waals surface area contributed by atoms with Crippen molar-refractivity contribution in [1.82, 2.24) is 0 Å². The second-order valence-corrected chi connectivity index (χ2v) is 7.77. The van der Waals surface area contributed by atoms with Crippen molar-refractivity contribution in [3.63, 3.8) is 0 Å². The second-order valence-electron chi connectivity index (χ2n) is 7.77. The Kier molecular flexibility index (Phi) is 17.8. The molecule has 0 saturated carbocycles. The molecule has 0 aromatic carbocycles. The fourth-order valence-corrected chi connectivity index (χ4v) is 2.97. The molecule has 4 nitrogen and oxygen atoms in total. The molecule has 0 aliphatic rings. The van der Waals surface area contributed by atoms with E-state index in [-0.39, 0.29) is 37.5 Å². The van der Waals surface area contributed by atoms with Crippen molar-refractivity contribution in [1.29, 1.82) is 0 Å². The molecule has 0 fully saturated rings. The Morgan fingerprint density at radius 1 is 0.786 bits per heavy atom. The van der Waals surface area contributed by atoms with Gasteiger partial charge in [-0.15, -0.1) is 0 Å². The molecule has 0 rings (SSSR count). The topological polar surface area (TPSA) is 52.6 Å². The summed E-state index contributed by atoms with van der Waals surface area (Å²) < 4.78 is 10.5. The van der Waals surface area contributed by atoms with Crippen molar-refractivity contribution in [2.45, 2.75) is 117 Å². The zero-order valence-corrected chi connectivity index (χ0v) is 18.7. The number of hydrogen-bond acceptors (Lipinski definition) is 4. The maximum Gasteiger partial charge on any atom is 0.306 e. The summed E-state index contributed by atoms with van der Waals surface area (Å²) in [7, 11) is 0. The Morgan fingerprint density at radius 3 is 2.00 bits per heavy atom. The van der Waals surface area contributed by atoms with Gasteiger partial charge >= 0.3 is 11.9 Å². The van der Waals surface area contributed by atoms with E-state index < -0.39 is 0 Å². The van der Waals surface area contributed by atoms with Crippen molar-refractivity contribution in [2.24, 2.45) is 5.92 Å². The van der Waals surface area contributed by atoms with E-state index in [0.29, 0.717) is 12.3 Å². The third-order valence-corrected chi connectivity index (χ3v) is 4.78. The van der Waals surface area contributed by atoms with E-state index in [1.54, 1.807) is 0 Å². The van der Waals surface area contributed by atoms with Crippen LogP contribution in [-0.4, -0.2) is 24.6 Å². The number of esters is 2. The second kappa shape index (κ2) is 18.8. The molecule has 0 amide bonds. The summed E-state index contributed by atoms with van der Waals surface area (Å²) in [6, 6.07) is 0. The maximum absolute atomic E-state index is 11.8. The minimum Gasteiger partial charge on any atom is -0.462 e. The third kappa shape index (κ3) is 16.7. The van der Waals surface area contributed by atoms with Crippen LogP contribution in [-0.2, 0) is 19.1 Å².